The molecule has 0 amide bonds. The van der Waals surface area contributed by atoms with Gasteiger partial charge in [0.2, 0.25) is 0 Å². The van der Waals surface area contributed by atoms with Gasteiger partial charge in [-0.1, -0.05) is 19.9 Å². The van der Waals surface area contributed by atoms with Crippen LogP contribution in [-0.4, -0.2) is 55.8 Å². The molecule has 0 radical (unpaired) electrons. The van der Waals surface area contributed by atoms with E-state index in [0.29, 0.717) is 38.6 Å². The summed E-state index contributed by atoms with van der Waals surface area (Å²) in [5.41, 5.74) is -0.0749. The molecule has 1 aromatic heterocycles. The first-order valence-corrected chi connectivity index (χ1v) is 9.45. The summed E-state index contributed by atoms with van der Waals surface area (Å²) in [7, 11) is 0. The van der Waals surface area contributed by atoms with Crippen LogP contribution in [0.3, 0.4) is 0 Å². The molecule has 0 spiro atoms. The number of nitrogens with one attached hydrogen (secondary N) is 2. The lowest BCUT2D eigenvalue weighted by Crippen LogP contribution is -2.45. The number of thiophene rings is 1. The second kappa shape index (κ2) is 8.40. The molecule has 25 heavy (non-hydrogen) atoms. The average molecular weight is 376 g/mol. The maximum atomic E-state index is 12.5. The Labute approximate surface area is 151 Å². The molecule has 2 N–H and O–H groups in total. The summed E-state index contributed by atoms with van der Waals surface area (Å²) in [6.07, 6.45) is -3.45. The SMILES string of the molecule is CCNC(=NCC(C)(C)c1cccs1)NC1CCN(CC(F)(F)F)C1. The van der Waals surface area contributed by atoms with Gasteiger partial charge in [-0.2, -0.15) is 13.2 Å². The van der Waals surface area contributed by atoms with Gasteiger partial charge in [-0.3, -0.25) is 9.89 Å². The summed E-state index contributed by atoms with van der Waals surface area (Å²) in [4.78, 5) is 7.37. The number of alkyl halides is 3. The van der Waals surface area contributed by atoms with Crippen LogP contribution in [0.1, 0.15) is 32.1 Å². The van der Waals surface area contributed by atoms with Gasteiger partial charge in [0.1, 0.15) is 0 Å². The minimum Gasteiger partial charge on any atom is -0.357 e. The average Bonchev–Trinajstić information content (AvgIpc) is 3.15. The largest absolute Gasteiger partial charge is 0.401 e. The van der Waals surface area contributed by atoms with E-state index in [1.165, 1.54) is 9.78 Å². The number of rotatable bonds is 6. The Bertz CT molecular complexity index is 555. The highest BCUT2D eigenvalue weighted by molar-refractivity contribution is 7.10. The zero-order valence-electron chi connectivity index (χ0n) is 15.0. The number of hydrogen-bond donors (Lipinski definition) is 2. The predicted octanol–water partition coefficient (Wildman–Crippen LogP) is 3.22. The van der Waals surface area contributed by atoms with Crippen molar-refractivity contribution in [2.45, 2.75) is 44.8 Å². The van der Waals surface area contributed by atoms with Crippen LogP contribution in [0, 0.1) is 0 Å². The molecule has 0 aromatic carbocycles. The summed E-state index contributed by atoms with van der Waals surface area (Å²) in [6.45, 7) is 7.59. The number of likely N-dealkylation sites (tertiary alicyclic amines) is 1. The topological polar surface area (TPSA) is 39.7 Å². The number of hydrogen-bond acceptors (Lipinski definition) is 3. The zero-order chi connectivity index (χ0) is 18.5. The van der Waals surface area contributed by atoms with Crippen LogP contribution in [0.4, 0.5) is 13.2 Å². The summed E-state index contributed by atoms with van der Waals surface area (Å²) in [5, 5.41) is 8.53. The Balaban J connectivity index is 1.92. The van der Waals surface area contributed by atoms with Crippen LogP contribution >= 0.6 is 11.3 Å². The highest BCUT2D eigenvalue weighted by Gasteiger charge is 2.34. The third-order valence-electron chi connectivity index (χ3n) is 4.18. The lowest BCUT2D eigenvalue weighted by molar-refractivity contribution is -0.143. The van der Waals surface area contributed by atoms with Gasteiger partial charge in [0.05, 0.1) is 13.1 Å². The minimum atomic E-state index is -4.14. The minimum absolute atomic E-state index is 0.00926. The maximum Gasteiger partial charge on any atom is 0.401 e. The fraction of sp³-hybridized carbons (Fsp3) is 0.706. The first kappa shape index (κ1) is 20.0. The number of halogens is 3. The van der Waals surface area contributed by atoms with E-state index in [0.717, 1.165) is 0 Å². The molecule has 1 aromatic rings. The van der Waals surface area contributed by atoms with E-state index >= 15 is 0 Å². The third kappa shape index (κ3) is 6.51. The second-order valence-corrected chi connectivity index (χ2v) is 7.98. The molecule has 2 heterocycles. The van der Waals surface area contributed by atoms with Gasteiger partial charge in [0, 0.05) is 36.0 Å². The van der Waals surface area contributed by atoms with Crippen LogP contribution in [0.15, 0.2) is 22.5 Å². The smallest absolute Gasteiger partial charge is 0.357 e. The molecule has 1 saturated heterocycles. The Kier molecular flexibility index (Phi) is 6.73. The fourth-order valence-electron chi connectivity index (χ4n) is 2.88. The van der Waals surface area contributed by atoms with Crippen LogP contribution in [0.5, 0.6) is 0 Å². The van der Waals surface area contributed by atoms with Crippen molar-refractivity contribution in [3.63, 3.8) is 0 Å². The third-order valence-corrected chi connectivity index (χ3v) is 5.42. The van der Waals surface area contributed by atoms with Crippen LogP contribution < -0.4 is 10.6 Å². The van der Waals surface area contributed by atoms with Gasteiger partial charge in [0.15, 0.2) is 5.96 Å². The molecule has 142 valence electrons. The number of aliphatic imine (C=N–C) groups is 1. The summed E-state index contributed by atoms with van der Waals surface area (Å²) in [6, 6.07) is 4.12. The molecule has 4 nitrogen and oxygen atoms in total. The molecule has 0 bridgehead atoms. The Morgan fingerprint density at radius 2 is 2.16 bits per heavy atom. The fourth-order valence-corrected chi connectivity index (χ4v) is 3.72. The van der Waals surface area contributed by atoms with Crippen molar-refractivity contribution in [1.29, 1.82) is 0 Å². The molecule has 2 rings (SSSR count). The highest BCUT2D eigenvalue weighted by atomic mass is 32.1. The van der Waals surface area contributed by atoms with Gasteiger partial charge >= 0.3 is 6.18 Å². The molecular weight excluding hydrogens is 349 g/mol. The van der Waals surface area contributed by atoms with E-state index in [4.69, 9.17) is 0 Å². The van der Waals surface area contributed by atoms with Crippen molar-refractivity contribution in [2.75, 3.05) is 32.7 Å². The summed E-state index contributed by atoms with van der Waals surface area (Å²) >= 11 is 1.71. The quantitative estimate of drug-likeness (QED) is 0.592. The van der Waals surface area contributed by atoms with Crippen molar-refractivity contribution in [2.24, 2.45) is 4.99 Å². The maximum absolute atomic E-state index is 12.5. The molecule has 1 aliphatic heterocycles. The highest BCUT2D eigenvalue weighted by Crippen LogP contribution is 2.27. The summed E-state index contributed by atoms with van der Waals surface area (Å²) < 4.78 is 37.5. The van der Waals surface area contributed by atoms with Crippen molar-refractivity contribution < 1.29 is 13.2 Å². The molecule has 1 aliphatic rings. The molecule has 8 heteroatoms. The normalized spacial score (nSPS) is 20.1. The van der Waals surface area contributed by atoms with Crippen molar-refractivity contribution in [3.8, 4) is 0 Å². The first-order chi connectivity index (χ1) is 11.7. The van der Waals surface area contributed by atoms with Gasteiger partial charge in [-0.15, -0.1) is 11.3 Å². The second-order valence-electron chi connectivity index (χ2n) is 7.04. The van der Waals surface area contributed by atoms with E-state index in [9.17, 15) is 13.2 Å². The standard InChI is InChI=1S/C17H27F3N4S/c1-4-21-15(22-11-16(2,3)14-6-5-9-25-14)23-13-7-8-24(10-13)12-17(18,19)20/h5-6,9,13H,4,7-8,10-12H2,1-3H3,(H2,21,22,23). The molecule has 0 aliphatic carbocycles. The van der Waals surface area contributed by atoms with Gasteiger partial charge < -0.3 is 10.6 Å². The van der Waals surface area contributed by atoms with E-state index < -0.39 is 12.7 Å². The number of guanidine groups is 1. The Hall–Kier alpha value is -1.28. The van der Waals surface area contributed by atoms with E-state index in [2.05, 4.69) is 40.9 Å². The first-order valence-electron chi connectivity index (χ1n) is 8.57. The van der Waals surface area contributed by atoms with E-state index in [1.807, 2.05) is 13.0 Å². The van der Waals surface area contributed by atoms with Gasteiger partial charge in [-0.25, -0.2) is 0 Å². The van der Waals surface area contributed by atoms with Crippen LogP contribution in [0.2, 0.25) is 0 Å². The molecule has 1 fully saturated rings. The molecule has 1 unspecified atom stereocenters. The molecular formula is C17H27F3N4S. The Morgan fingerprint density at radius 3 is 2.76 bits per heavy atom. The number of nitrogens with zero attached hydrogens (tertiary/aromatic N) is 2. The van der Waals surface area contributed by atoms with Crippen molar-refractivity contribution >= 4 is 17.3 Å². The lowest BCUT2D eigenvalue weighted by atomic mass is 9.92. The lowest BCUT2D eigenvalue weighted by Gasteiger charge is -2.23. The van der Waals surface area contributed by atoms with Crippen molar-refractivity contribution in [1.82, 2.24) is 15.5 Å². The summed E-state index contributed by atoms with van der Waals surface area (Å²) in [5.74, 6) is 0.672. The van der Waals surface area contributed by atoms with Crippen LogP contribution in [0.25, 0.3) is 0 Å². The zero-order valence-corrected chi connectivity index (χ0v) is 15.8. The van der Waals surface area contributed by atoms with Crippen molar-refractivity contribution in [3.05, 3.63) is 22.4 Å². The predicted molar refractivity (Wildman–Crippen MR) is 97.4 cm³/mol. The van der Waals surface area contributed by atoms with Crippen LogP contribution in [-0.2, 0) is 5.41 Å². The van der Waals surface area contributed by atoms with E-state index in [-0.39, 0.29) is 11.5 Å². The monoisotopic (exact) mass is 376 g/mol. The van der Waals surface area contributed by atoms with Gasteiger partial charge in [0.25, 0.3) is 0 Å². The molecule has 1 atom stereocenters. The Morgan fingerprint density at radius 1 is 1.40 bits per heavy atom. The van der Waals surface area contributed by atoms with Gasteiger partial charge in [-0.05, 0) is 24.8 Å². The molecule has 0 saturated carbocycles. The van der Waals surface area contributed by atoms with E-state index in [1.54, 1.807) is 11.3 Å².